The number of rotatable bonds is 8. The monoisotopic (exact) mass is 201 g/mol. The van der Waals surface area contributed by atoms with Crippen molar-refractivity contribution in [3.8, 4) is 0 Å². The highest BCUT2D eigenvalue weighted by atomic mass is 16.5. The molecule has 1 N–H and O–H groups in total. The molecule has 0 aliphatic carbocycles. The normalized spacial score (nSPS) is 9.86. The maximum Gasteiger partial charge on any atom is 0.220 e. The number of carbonyl (C=O) groups excluding carboxylic acids is 2. The van der Waals surface area contributed by atoms with Crippen molar-refractivity contribution in [1.82, 2.24) is 5.32 Å². The van der Waals surface area contributed by atoms with Gasteiger partial charge in [-0.2, -0.15) is 0 Å². The lowest BCUT2D eigenvalue weighted by Gasteiger charge is -2.04. The fourth-order valence-electron chi connectivity index (χ4n) is 0.924. The molecular weight excluding hydrogens is 182 g/mol. The minimum atomic E-state index is -0.0586. The molecule has 0 saturated heterocycles. The number of nitrogens with one attached hydrogen (secondary N) is 1. The van der Waals surface area contributed by atoms with Crippen LogP contribution in [0.1, 0.15) is 33.1 Å². The van der Waals surface area contributed by atoms with Gasteiger partial charge in [-0.1, -0.05) is 0 Å². The fraction of sp³-hybridized carbons (Fsp3) is 0.800. The van der Waals surface area contributed by atoms with Crippen molar-refractivity contribution in [2.24, 2.45) is 0 Å². The molecule has 0 aliphatic heterocycles. The average molecular weight is 201 g/mol. The van der Waals surface area contributed by atoms with Gasteiger partial charge in [-0.3, -0.25) is 4.79 Å². The first-order valence-electron chi connectivity index (χ1n) is 5.00. The molecule has 0 unspecified atom stereocenters. The summed E-state index contributed by atoms with van der Waals surface area (Å²) in [7, 11) is 0. The Morgan fingerprint density at radius 2 is 2.00 bits per heavy atom. The second kappa shape index (κ2) is 8.69. The molecule has 0 radical (unpaired) electrons. The summed E-state index contributed by atoms with van der Waals surface area (Å²) in [5, 5.41) is 2.73. The van der Waals surface area contributed by atoms with E-state index in [2.05, 4.69) is 5.32 Å². The maximum atomic E-state index is 11.1. The van der Waals surface area contributed by atoms with Crippen molar-refractivity contribution in [3.05, 3.63) is 0 Å². The van der Waals surface area contributed by atoms with E-state index in [0.29, 0.717) is 32.6 Å². The Morgan fingerprint density at radius 3 is 2.57 bits per heavy atom. The number of carbonyl (C=O) groups is 2. The van der Waals surface area contributed by atoms with Crippen molar-refractivity contribution in [3.63, 3.8) is 0 Å². The van der Waals surface area contributed by atoms with E-state index in [4.69, 9.17) is 4.74 Å². The van der Waals surface area contributed by atoms with Crippen LogP contribution in [0.5, 0.6) is 0 Å². The van der Waals surface area contributed by atoms with Crippen LogP contribution in [-0.4, -0.2) is 31.4 Å². The Balaban J connectivity index is 3.22. The standard InChI is InChI=1S/C10H19NO3/c1-3-14-8-4-7-11-10(13)6-5-9(2)12/h3-8H2,1-2H3,(H,11,13). The Bertz CT molecular complexity index is 180. The molecule has 0 spiro atoms. The van der Waals surface area contributed by atoms with E-state index in [1.54, 1.807) is 0 Å². The van der Waals surface area contributed by atoms with E-state index < -0.39 is 0 Å². The lowest BCUT2D eigenvalue weighted by atomic mass is 10.2. The number of amides is 1. The molecule has 0 atom stereocenters. The summed E-state index contributed by atoms with van der Waals surface area (Å²) in [6.07, 6.45) is 1.45. The van der Waals surface area contributed by atoms with Gasteiger partial charge in [-0.25, -0.2) is 0 Å². The highest BCUT2D eigenvalue weighted by Crippen LogP contribution is 1.90. The molecule has 0 bridgehead atoms. The molecule has 4 heteroatoms. The lowest BCUT2D eigenvalue weighted by Crippen LogP contribution is -2.25. The second-order valence-corrected chi connectivity index (χ2v) is 3.10. The Morgan fingerprint density at radius 1 is 1.29 bits per heavy atom. The fourth-order valence-corrected chi connectivity index (χ4v) is 0.924. The van der Waals surface area contributed by atoms with Gasteiger partial charge in [0.15, 0.2) is 0 Å². The predicted octanol–water partition coefficient (Wildman–Crippen LogP) is 0.898. The third-order valence-electron chi connectivity index (χ3n) is 1.70. The van der Waals surface area contributed by atoms with E-state index in [-0.39, 0.29) is 11.7 Å². The zero-order valence-corrected chi connectivity index (χ0v) is 8.97. The van der Waals surface area contributed by atoms with E-state index in [0.717, 1.165) is 6.42 Å². The molecule has 0 aromatic rings. The van der Waals surface area contributed by atoms with Crippen molar-refractivity contribution >= 4 is 11.7 Å². The minimum absolute atomic E-state index is 0.0504. The largest absolute Gasteiger partial charge is 0.382 e. The topological polar surface area (TPSA) is 55.4 Å². The molecule has 82 valence electrons. The molecule has 0 saturated carbocycles. The second-order valence-electron chi connectivity index (χ2n) is 3.10. The summed E-state index contributed by atoms with van der Waals surface area (Å²) in [4.78, 5) is 21.6. The summed E-state index contributed by atoms with van der Waals surface area (Å²) in [6, 6.07) is 0. The Kier molecular flexibility index (Phi) is 8.13. The minimum Gasteiger partial charge on any atom is -0.382 e. The van der Waals surface area contributed by atoms with Crippen LogP contribution in [0, 0.1) is 0 Å². The third-order valence-corrected chi connectivity index (χ3v) is 1.70. The molecule has 14 heavy (non-hydrogen) atoms. The third kappa shape index (κ3) is 9.19. The van der Waals surface area contributed by atoms with Gasteiger partial charge < -0.3 is 14.8 Å². The van der Waals surface area contributed by atoms with Gasteiger partial charge in [-0.05, 0) is 20.3 Å². The highest BCUT2D eigenvalue weighted by molar-refractivity contribution is 5.83. The zero-order valence-electron chi connectivity index (χ0n) is 8.97. The highest BCUT2D eigenvalue weighted by Gasteiger charge is 2.01. The van der Waals surface area contributed by atoms with Crippen LogP contribution in [0.3, 0.4) is 0 Å². The molecule has 4 nitrogen and oxygen atoms in total. The summed E-state index contributed by atoms with van der Waals surface area (Å²) < 4.78 is 5.11. The summed E-state index contributed by atoms with van der Waals surface area (Å²) in [5.41, 5.74) is 0. The first-order valence-corrected chi connectivity index (χ1v) is 5.00. The average Bonchev–Trinajstić information content (AvgIpc) is 2.14. The quantitative estimate of drug-likeness (QED) is 0.593. The zero-order chi connectivity index (χ0) is 10.8. The van der Waals surface area contributed by atoms with Gasteiger partial charge in [0.25, 0.3) is 0 Å². The van der Waals surface area contributed by atoms with Crippen LogP contribution in [0.4, 0.5) is 0 Å². The van der Waals surface area contributed by atoms with Crippen LogP contribution in [0.2, 0.25) is 0 Å². The smallest absolute Gasteiger partial charge is 0.220 e. The van der Waals surface area contributed by atoms with Crippen molar-refractivity contribution in [2.45, 2.75) is 33.1 Å². The first kappa shape index (κ1) is 13.1. The molecule has 0 aromatic heterocycles. The van der Waals surface area contributed by atoms with Crippen molar-refractivity contribution < 1.29 is 14.3 Å². The van der Waals surface area contributed by atoms with Gasteiger partial charge in [0.2, 0.25) is 5.91 Å². The number of hydrogen-bond donors (Lipinski definition) is 1. The number of hydrogen-bond acceptors (Lipinski definition) is 3. The summed E-state index contributed by atoms with van der Waals surface area (Å²) in [6.45, 7) is 5.42. The molecule has 0 aromatic carbocycles. The van der Waals surface area contributed by atoms with Crippen molar-refractivity contribution in [1.29, 1.82) is 0 Å². The van der Waals surface area contributed by atoms with Crippen LogP contribution >= 0.6 is 0 Å². The van der Waals surface area contributed by atoms with Gasteiger partial charge >= 0.3 is 0 Å². The van der Waals surface area contributed by atoms with Crippen molar-refractivity contribution in [2.75, 3.05) is 19.8 Å². The molecule has 1 amide bonds. The number of ether oxygens (including phenoxy) is 1. The van der Waals surface area contributed by atoms with Crippen LogP contribution < -0.4 is 5.32 Å². The molecule has 0 fully saturated rings. The van der Waals surface area contributed by atoms with Gasteiger partial charge in [-0.15, -0.1) is 0 Å². The van der Waals surface area contributed by atoms with E-state index >= 15 is 0 Å². The number of Topliss-reactive ketones (excluding diaryl/α,β-unsaturated/α-hetero) is 1. The molecule has 0 rings (SSSR count). The first-order chi connectivity index (χ1) is 6.66. The van der Waals surface area contributed by atoms with E-state index in [1.165, 1.54) is 6.92 Å². The molecule has 0 heterocycles. The molecule has 0 aliphatic rings. The summed E-state index contributed by atoms with van der Waals surface area (Å²) >= 11 is 0. The van der Waals surface area contributed by atoms with E-state index in [9.17, 15) is 9.59 Å². The van der Waals surface area contributed by atoms with Gasteiger partial charge in [0.1, 0.15) is 5.78 Å². The van der Waals surface area contributed by atoms with Gasteiger partial charge in [0.05, 0.1) is 0 Å². The van der Waals surface area contributed by atoms with Gasteiger partial charge in [0, 0.05) is 32.6 Å². The van der Waals surface area contributed by atoms with Crippen LogP contribution in [0.15, 0.2) is 0 Å². The Hall–Kier alpha value is -0.900. The predicted molar refractivity (Wildman–Crippen MR) is 54.0 cm³/mol. The van der Waals surface area contributed by atoms with Crippen LogP contribution in [0.25, 0.3) is 0 Å². The SMILES string of the molecule is CCOCCCNC(=O)CCC(C)=O. The van der Waals surface area contributed by atoms with E-state index in [1.807, 2.05) is 6.92 Å². The summed E-state index contributed by atoms with van der Waals surface area (Å²) in [5.74, 6) is -0.00818. The van der Waals surface area contributed by atoms with Crippen LogP contribution in [-0.2, 0) is 14.3 Å². The number of ketones is 1. The Labute approximate surface area is 85.0 Å². The molecular formula is C10H19NO3. The maximum absolute atomic E-state index is 11.1. The lowest BCUT2D eigenvalue weighted by molar-refractivity contribution is -0.124.